The number of likely N-dealkylation sites (tertiary alicyclic amines) is 1. The van der Waals surface area contributed by atoms with E-state index < -0.39 is 17.7 Å². The number of fused-ring (bicyclic) bond motifs is 1. The molecule has 1 aliphatic heterocycles. The van der Waals surface area contributed by atoms with Crippen molar-refractivity contribution in [3.63, 3.8) is 0 Å². The molecule has 9 heteroatoms. The summed E-state index contributed by atoms with van der Waals surface area (Å²) in [6, 6.07) is 20.3. The third-order valence-corrected chi connectivity index (χ3v) is 7.96. The second kappa shape index (κ2) is 15.9. The van der Waals surface area contributed by atoms with Crippen LogP contribution in [0.25, 0.3) is 21.9 Å². The molecule has 4 aromatic carbocycles. The van der Waals surface area contributed by atoms with Crippen molar-refractivity contribution in [2.45, 2.75) is 39.0 Å². The van der Waals surface area contributed by atoms with Crippen LogP contribution in [-0.4, -0.2) is 62.3 Å². The molecule has 1 saturated heterocycles. The molecule has 0 bridgehead atoms. The minimum Gasteiger partial charge on any atom is -0.496 e. The zero-order valence-corrected chi connectivity index (χ0v) is 26.1. The maximum Gasteiger partial charge on any atom is 0.303 e. The van der Waals surface area contributed by atoms with Crippen LogP contribution >= 0.6 is 0 Å². The SMILES string of the molecule is COc1cc(OCCN2CCCCC2)cc(OC)c1-c1cccc2c(CCC(=O)O)cccc12.Cc1cccc(F)c1C(N)=O. The van der Waals surface area contributed by atoms with E-state index in [2.05, 4.69) is 11.0 Å². The molecule has 1 fully saturated rings. The van der Waals surface area contributed by atoms with Crippen LogP contribution in [0.2, 0.25) is 0 Å². The number of nitrogens with zero attached hydrogens (tertiary/aromatic N) is 1. The lowest BCUT2D eigenvalue weighted by molar-refractivity contribution is -0.136. The molecule has 45 heavy (non-hydrogen) atoms. The molecule has 3 N–H and O–H groups in total. The van der Waals surface area contributed by atoms with E-state index in [0.717, 1.165) is 52.8 Å². The highest BCUT2D eigenvalue weighted by atomic mass is 19.1. The number of carboxylic acid groups (broad SMARTS) is 1. The summed E-state index contributed by atoms with van der Waals surface area (Å²) in [4.78, 5) is 24.2. The number of hydrogen-bond donors (Lipinski definition) is 2. The molecule has 0 aliphatic carbocycles. The van der Waals surface area contributed by atoms with Crippen molar-refractivity contribution in [3.05, 3.63) is 89.2 Å². The molecule has 238 valence electrons. The quantitative estimate of drug-likeness (QED) is 0.194. The standard InChI is InChI=1S/C28H33NO5.C8H8FNO/c1-32-25-18-21(34-17-16-29-14-4-3-5-15-29)19-26(33-2)28(25)24-11-7-9-22-20(12-13-27(30)31)8-6-10-23(22)24;1-5-3-2-4-6(9)7(5)8(10)11/h6-11,18-19H,3-5,12-17H2,1-2H3,(H,30,31);2-4H,1H3,(H2,10,11). The van der Waals surface area contributed by atoms with Gasteiger partial charge in [0.05, 0.1) is 25.3 Å². The van der Waals surface area contributed by atoms with Gasteiger partial charge >= 0.3 is 5.97 Å². The lowest BCUT2D eigenvalue weighted by Gasteiger charge is -2.26. The van der Waals surface area contributed by atoms with Crippen molar-refractivity contribution >= 4 is 22.6 Å². The van der Waals surface area contributed by atoms with Crippen molar-refractivity contribution in [1.29, 1.82) is 0 Å². The van der Waals surface area contributed by atoms with Crippen LogP contribution in [0.1, 0.15) is 47.2 Å². The number of carbonyl (C=O) groups is 2. The summed E-state index contributed by atoms with van der Waals surface area (Å²) < 4.78 is 30.5. The van der Waals surface area contributed by atoms with Gasteiger partial charge in [0.15, 0.2) is 0 Å². The van der Waals surface area contributed by atoms with Gasteiger partial charge in [0.2, 0.25) is 0 Å². The van der Waals surface area contributed by atoms with E-state index in [1.54, 1.807) is 27.2 Å². The fraction of sp³-hybridized carbons (Fsp3) is 0.333. The topological polar surface area (TPSA) is 111 Å². The predicted octanol–water partition coefficient (Wildman–Crippen LogP) is 6.64. The monoisotopic (exact) mass is 616 g/mol. The molecule has 1 heterocycles. The number of carbonyl (C=O) groups excluding carboxylic acids is 1. The highest BCUT2D eigenvalue weighted by Crippen LogP contribution is 2.44. The highest BCUT2D eigenvalue weighted by molar-refractivity contribution is 6.01. The molecule has 5 rings (SSSR count). The Morgan fingerprint density at radius 3 is 2.16 bits per heavy atom. The maximum atomic E-state index is 12.8. The van der Waals surface area contributed by atoms with Crippen LogP contribution in [0, 0.1) is 12.7 Å². The average Bonchev–Trinajstić information content (AvgIpc) is 3.03. The molecular formula is C36H41FN2O6. The van der Waals surface area contributed by atoms with E-state index in [4.69, 9.17) is 25.1 Å². The number of benzene rings is 4. The minimum atomic E-state index is -0.799. The first-order chi connectivity index (χ1) is 21.7. The van der Waals surface area contributed by atoms with Gasteiger partial charge in [-0.1, -0.05) is 55.0 Å². The first-order valence-electron chi connectivity index (χ1n) is 15.1. The lowest BCUT2D eigenvalue weighted by atomic mass is 9.93. The van der Waals surface area contributed by atoms with E-state index in [9.17, 15) is 14.0 Å². The largest absolute Gasteiger partial charge is 0.496 e. The summed E-state index contributed by atoms with van der Waals surface area (Å²) in [7, 11) is 3.30. The number of amides is 1. The molecule has 1 amide bonds. The number of ether oxygens (including phenoxy) is 3. The average molecular weight is 617 g/mol. The summed E-state index contributed by atoms with van der Waals surface area (Å²) in [5.74, 6) is -0.00571. The number of primary amides is 1. The smallest absolute Gasteiger partial charge is 0.303 e. The number of rotatable bonds is 11. The van der Waals surface area contributed by atoms with Crippen molar-refractivity contribution in [2.75, 3.05) is 40.5 Å². The third kappa shape index (κ3) is 8.51. The summed E-state index contributed by atoms with van der Waals surface area (Å²) in [6.07, 6.45) is 4.43. The first-order valence-corrected chi connectivity index (χ1v) is 15.1. The zero-order chi connectivity index (χ0) is 32.3. The molecule has 4 aromatic rings. The number of piperidine rings is 1. The number of carboxylic acids is 1. The van der Waals surface area contributed by atoms with Gasteiger partial charge in [-0.3, -0.25) is 14.5 Å². The fourth-order valence-electron chi connectivity index (χ4n) is 5.71. The lowest BCUT2D eigenvalue weighted by Crippen LogP contribution is -2.33. The number of nitrogens with two attached hydrogens (primary N) is 1. The maximum absolute atomic E-state index is 12.8. The van der Waals surface area contributed by atoms with Crippen molar-refractivity contribution in [3.8, 4) is 28.4 Å². The van der Waals surface area contributed by atoms with Crippen LogP contribution < -0.4 is 19.9 Å². The normalized spacial score (nSPS) is 13.1. The Balaban J connectivity index is 0.000000354. The first kappa shape index (κ1) is 33.3. The third-order valence-electron chi connectivity index (χ3n) is 7.96. The second-order valence-electron chi connectivity index (χ2n) is 11.0. The second-order valence-corrected chi connectivity index (χ2v) is 11.0. The Labute approximate surface area is 263 Å². The van der Waals surface area contributed by atoms with Crippen molar-refractivity contribution in [2.24, 2.45) is 5.73 Å². The number of methoxy groups -OCH3 is 2. The van der Waals surface area contributed by atoms with Crippen LogP contribution in [0.3, 0.4) is 0 Å². The molecule has 1 aliphatic rings. The van der Waals surface area contributed by atoms with Gasteiger partial charge in [0.1, 0.15) is 29.7 Å². The molecule has 0 atom stereocenters. The van der Waals surface area contributed by atoms with Crippen LogP contribution in [0.4, 0.5) is 4.39 Å². The summed E-state index contributed by atoms with van der Waals surface area (Å²) in [6.45, 7) is 5.46. The fourth-order valence-corrected chi connectivity index (χ4v) is 5.71. The van der Waals surface area contributed by atoms with E-state index in [0.29, 0.717) is 30.1 Å². The van der Waals surface area contributed by atoms with Gasteiger partial charge in [0, 0.05) is 25.1 Å². The van der Waals surface area contributed by atoms with E-state index >= 15 is 0 Å². The molecule has 0 unspecified atom stereocenters. The number of aliphatic carboxylic acids is 1. The number of aryl methyl sites for hydroxylation is 2. The van der Waals surface area contributed by atoms with Crippen LogP contribution in [0.15, 0.2) is 66.7 Å². The van der Waals surface area contributed by atoms with Gasteiger partial charge < -0.3 is 25.1 Å². The summed E-state index contributed by atoms with van der Waals surface area (Å²) in [5.41, 5.74) is 8.33. The van der Waals surface area contributed by atoms with E-state index in [1.165, 1.54) is 31.4 Å². The van der Waals surface area contributed by atoms with Gasteiger partial charge in [-0.25, -0.2) is 4.39 Å². The van der Waals surface area contributed by atoms with E-state index in [1.807, 2.05) is 42.5 Å². The Kier molecular flexibility index (Phi) is 11.8. The summed E-state index contributed by atoms with van der Waals surface area (Å²) in [5, 5.41) is 11.2. The Hall–Kier alpha value is -4.63. The van der Waals surface area contributed by atoms with Gasteiger partial charge in [0.25, 0.3) is 5.91 Å². The van der Waals surface area contributed by atoms with E-state index in [-0.39, 0.29) is 12.0 Å². The van der Waals surface area contributed by atoms with Crippen LogP contribution in [-0.2, 0) is 11.2 Å². The van der Waals surface area contributed by atoms with Crippen molar-refractivity contribution < 1.29 is 33.3 Å². The molecule has 8 nitrogen and oxygen atoms in total. The summed E-state index contributed by atoms with van der Waals surface area (Å²) >= 11 is 0. The molecule has 0 aromatic heterocycles. The molecule has 0 radical (unpaired) electrons. The zero-order valence-electron chi connectivity index (χ0n) is 26.1. The number of hydrogen-bond acceptors (Lipinski definition) is 6. The Morgan fingerprint density at radius 2 is 1.56 bits per heavy atom. The van der Waals surface area contributed by atoms with Crippen LogP contribution in [0.5, 0.6) is 17.2 Å². The Morgan fingerprint density at radius 1 is 0.911 bits per heavy atom. The van der Waals surface area contributed by atoms with Gasteiger partial charge in [-0.2, -0.15) is 0 Å². The Bertz CT molecular complexity index is 1590. The molecular weight excluding hydrogens is 575 g/mol. The minimum absolute atomic E-state index is 0.0208. The number of halogens is 1. The van der Waals surface area contributed by atoms with Crippen molar-refractivity contribution in [1.82, 2.24) is 4.90 Å². The predicted molar refractivity (Wildman–Crippen MR) is 174 cm³/mol. The molecule has 0 saturated carbocycles. The van der Waals surface area contributed by atoms with Gasteiger partial charge in [-0.15, -0.1) is 0 Å². The molecule has 0 spiro atoms. The highest BCUT2D eigenvalue weighted by Gasteiger charge is 2.19. The van der Waals surface area contributed by atoms with Gasteiger partial charge in [-0.05, 0) is 72.8 Å².